The van der Waals surface area contributed by atoms with E-state index in [9.17, 15) is 14.4 Å². The molecule has 6 aromatic rings. The predicted molar refractivity (Wildman–Crippen MR) is 235 cm³/mol. The van der Waals surface area contributed by atoms with Crippen LogP contribution in [0.2, 0.25) is 0 Å². The fraction of sp³-hybridized carbons (Fsp3) is 0.220. The number of rotatable bonds is 16. The van der Waals surface area contributed by atoms with Crippen LogP contribution in [0.5, 0.6) is 23.0 Å². The molecular formula is C50H47N3O9. The minimum atomic E-state index is -1.17. The summed E-state index contributed by atoms with van der Waals surface area (Å²) in [5.41, 5.74) is 7.66. The first-order chi connectivity index (χ1) is 30.3. The lowest BCUT2D eigenvalue weighted by Gasteiger charge is -2.48. The summed E-state index contributed by atoms with van der Waals surface area (Å²) in [6, 6.07) is 42.4. The van der Waals surface area contributed by atoms with E-state index >= 15 is 0 Å². The van der Waals surface area contributed by atoms with Crippen molar-refractivity contribution in [1.82, 2.24) is 5.32 Å². The number of alkyl carbamates (subject to hydrolysis) is 1. The molecule has 0 bridgehead atoms. The quantitative estimate of drug-likeness (QED) is 0.0920. The summed E-state index contributed by atoms with van der Waals surface area (Å²) in [6.45, 7) is 0.123. The number of carbonyl (C=O) groups is 3. The van der Waals surface area contributed by atoms with E-state index < -0.39 is 30.0 Å². The Morgan fingerprint density at radius 1 is 0.661 bits per heavy atom. The van der Waals surface area contributed by atoms with Crippen molar-refractivity contribution in [2.24, 2.45) is 0 Å². The molecule has 6 aromatic carbocycles. The van der Waals surface area contributed by atoms with Gasteiger partial charge < -0.3 is 44.0 Å². The van der Waals surface area contributed by atoms with Crippen LogP contribution in [0.3, 0.4) is 0 Å². The zero-order valence-electron chi connectivity index (χ0n) is 34.8. The molecule has 1 aliphatic carbocycles. The van der Waals surface area contributed by atoms with Crippen LogP contribution < -0.4 is 34.5 Å². The van der Waals surface area contributed by atoms with Crippen LogP contribution in [-0.4, -0.2) is 65.6 Å². The van der Waals surface area contributed by atoms with Crippen LogP contribution in [0.4, 0.5) is 16.2 Å². The number of nitrogens with one attached hydrogen (secondary N) is 2. The molecule has 0 unspecified atom stereocenters. The third kappa shape index (κ3) is 8.24. The molecule has 3 amide bonds. The molecule has 1 aliphatic heterocycles. The molecule has 1 saturated heterocycles. The van der Waals surface area contributed by atoms with E-state index in [0.717, 1.165) is 33.4 Å². The van der Waals surface area contributed by atoms with E-state index in [0.29, 0.717) is 39.9 Å². The maximum Gasteiger partial charge on any atom is 0.407 e. The molecule has 1 heterocycles. The number of benzene rings is 6. The molecule has 12 heteroatoms. The summed E-state index contributed by atoms with van der Waals surface area (Å²) >= 11 is 0. The highest BCUT2D eigenvalue weighted by molar-refractivity contribution is 6.07. The Morgan fingerprint density at radius 3 is 1.87 bits per heavy atom. The molecule has 0 saturated carbocycles. The van der Waals surface area contributed by atoms with Gasteiger partial charge in [0, 0.05) is 18.1 Å². The van der Waals surface area contributed by atoms with Gasteiger partial charge in [-0.3, -0.25) is 9.59 Å². The van der Waals surface area contributed by atoms with Crippen LogP contribution in [0, 0.1) is 0 Å². The largest absolute Gasteiger partial charge is 0.495 e. The van der Waals surface area contributed by atoms with E-state index in [1.807, 2.05) is 103 Å². The summed E-state index contributed by atoms with van der Waals surface area (Å²) in [7, 11) is 6.06. The summed E-state index contributed by atoms with van der Waals surface area (Å²) < 4.78 is 34.4. The average Bonchev–Trinajstić information content (AvgIpc) is 3.63. The summed E-state index contributed by atoms with van der Waals surface area (Å²) in [5, 5.41) is 5.74. The smallest absolute Gasteiger partial charge is 0.407 e. The minimum absolute atomic E-state index is 0.0695. The van der Waals surface area contributed by atoms with Crippen molar-refractivity contribution in [3.8, 4) is 34.1 Å². The van der Waals surface area contributed by atoms with Crippen molar-refractivity contribution >= 4 is 29.3 Å². The van der Waals surface area contributed by atoms with Crippen LogP contribution >= 0.6 is 0 Å². The van der Waals surface area contributed by atoms with Crippen LogP contribution in [-0.2, 0) is 25.7 Å². The van der Waals surface area contributed by atoms with Crippen molar-refractivity contribution in [2.45, 2.75) is 30.5 Å². The van der Waals surface area contributed by atoms with Crippen LogP contribution in [0.25, 0.3) is 11.1 Å². The number of carbonyl (C=O) groups excluding carboxylic acids is 3. The molecular weight excluding hydrogens is 787 g/mol. The van der Waals surface area contributed by atoms with Gasteiger partial charge in [-0.05, 0) is 51.1 Å². The van der Waals surface area contributed by atoms with Gasteiger partial charge in [0.1, 0.15) is 18.4 Å². The lowest BCUT2D eigenvalue weighted by atomic mass is 9.77. The lowest BCUT2D eigenvalue weighted by Crippen LogP contribution is -2.53. The van der Waals surface area contributed by atoms with Crippen molar-refractivity contribution in [2.75, 3.05) is 51.9 Å². The van der Waals surface area contributed by atoms with Crippen molar-refractivity contribution in [3.05, 3.63) is 167 Å². The molecule has 0 spiro atoms. The zero-order valence-corrected chi connectivity index (χ0v) is 34.8. The first-order valence-corrected chi connectivity index (χ1v) is 20.2. The number of anilines is 2. The minimum Gasteiger partial charge on any atom is -0.495 e. The lowest BCUT2D eigenvalue weighted by molar-refractivity contribution is -0.126. The van der Waals surface area contributed by atoms with Crippen LogP contribution in [0.1, 0.15) is 45.7 Å². The van der Waals surface area contributed by atoms with Gasteiger partial charge >= 0.3 is 6.09 Å². The molecule has 3 atom stereocenters. The van der Waals surface area contributed by atoms with Gasteiger partial charge in [0.25, 0.3) is 0 Å². The SMILES string of the molecule is COc1ccc([C@H]2[C@H](c3ccccc3)C(=O)N2c2cc(OC)c(OC)c(OC)c2)cc1NC(=O)[C@H](COCc1ccccc1)NC(=O)OCC1c2ccccc2-c2ccccc21. The first kappa shape index (κ1) is 41.4. The standard InChI is InChI=1S/C50H47N3O9/c1-57-42-24-23-33(46-45(32-17-9-6-10-18-32)49(55)53(46)34-26-43(58-2)47(60-4)44(27-34)59-3)25-40(42)51-48(54)41(30-61-28-31-15-7-5-8-16-31)52-50(56)62-29-39-37-21-13-11-19-35(37)36-20-12-14-22-38(36)39/h5-27,39,41,45-46H,28-30H2,1-4H3,(H,51,54)(H,52,56)/t41-,45-,46-/m0/s1. The number of amides is 3. The maximum absolute atomic E-state index is 14.3. The highest BCUT2D eigenvalue weighted by Crippen LogP contribution is 2.52. The molecule has 1 fully saturated rings. The second-order valence-corrected chi connectivity index (χ2v) is 14.9. The first-order valence-electron chi connectivity index (χ1n) is 20.2. The monoisotopic (exact) mass is 833 g/mol. The maximum atomic E-state index is 14.3. The normalized spacial score (nSPS) is 15.7. The third-order valence-corrected chi connectivity index (χ3v) is 11.4. The van der Waals surface area contributed by atoms with Gasteiger partial charge in [-0.25, -0.2) is 4.79 Å². The number of nitrogens with zero attached hydrogens (tertiary/aromatic N) is 1. The summed E-state index contributed by atoms with van der Waals surface area (Å²) in [5.74, 6) is 0.126. The van der Waals surface area contributed by atoms with Gasteiger partial charge in [-0.15, -0.1) is 0 Å². The Kier molecular flexibility index (Phi) is 12.4. The highest BCUT2D eigenvalue weighted by atomic mass is 16.6. The molecule has 0 radical (unpaired) electrons. The second-order valence-electron chi connectivity index (χ2n) is 14.9. The highest BCUT2D eigenvalue weighted by Gasteiger charge is 2.50. The fourth-order valence-electron chi connectivity index (χ4n) is 8.37. The van der Waals surface area contributed by atoms with E-state index in [2.05, 4.69) is 22.8 Å². The van der Waals surface area contributed by atoms with E-state index in [-0.39, 0.29) is 31.6 Å². The molecule has 2 aliphatic rings. The molecule has 316 valence electrons. The third-order valence-electron chi connectivity index (χ3n) is 11.4. The zero-order chi connectivity index (χ0) is 43.2. The van der Waals surface area contributed by atoms with E-state index in [1.165, 1.54) is 28.4 Å². The molecule has 8 rings (SSSR count). The topological polar surface area (TPSA) is 134 Å². The van der Waals surface area contributed by atoms with Gasteiger partial charge in [-0.2, -0.15) is 0 Å². The number of hydrogen-bond donors (Lipinski definition) is 2. The van der Waals surface area contributed by atoms with Gasteiger partial charge in [0.05, 0.1) is 65.0 Å². The van der Waals surface area contributed by atoms with E-state index in [4.69, 9.17) is 28.4 Å². The number of fused-ring (bicyclic) bond motifs is 3. The second kappa shape index (κ2) is 18.5. The van der Waals surface area contributed by atoms with Crippen molar-refractivity contribution in [1.29, 1.82) is 0 Å². The van der Waals surface area contributed by atoms with E-state index in [1.54, 1.807) is 29.2 Å². The van der Waals surface area contributed by atoms with Gasteiger partial charge in [0.15, 0.2) is 11.5 Å². The van der Waals surface area contributed by atoms with Gasteiger partial charge in [-0.1, -0.05) is 115 Å². The fourth-order valence-corrected chi connectivity index (χ4v) is 8.37. The molecule has 12 nitrogen and oxygen atoms in total. The number of hydrogen-bond acceptors (Lipinski definition) is 9. The summed E-state index contributed by atoms with van der Waals surface area (Å²) in [4.78, 5) is 43.8. The molecule has 0 aromatic heterocycles. The Hall–Kier alpha value is -7.31. The number of methoxy groups -OCH3 is 4. The molecule has 62 heavy (non-hydrogen) atoms. The Balaban J connectivity index is 1.06. The van der Waals surface area contributed by atoms with Gasteiger partial charge in [0.2, 0.25) is 17.6 Å². The van der Waals surface area contributed by atoms with Crippen molar-refractivity contribution in [3.63, 3.8) is 0 Å². The van der Waals surface area contributed by atoms with Crippen LogP contribution in [0.15, 0.2) is 140 Å². The Morgan fingerprint density at radius 2 is 1.26 bits per heavy atom. The summed E-state index contributed by atoms with van der Waals surface area (Å²) in [6.07, 6.45) is -0.768. The van der Waals surface area contributed by atoms with Crippen molar-refractivity contribution < 1.29 is 42.8 Å². The average molecular weight is 834 g/mol. The predicted octanol–water partition coefficient (Wildman–Crippen LogP) is 8.66. The Bertz CT molecular complexity index is 2500. The molecule has 2 N–H and O–H groups in total. The number of β-lactam (4-membered cyclic amide) rings is 1. The number of ether oxygens (including phenoxy) is 6. The Labute approximate surface area is 360 Å².